The maximum atomic E-state index is 12.2. The molecule has 1 aliphatic carbocycles. The fourth-order valence-corrected chi connectivity index (χ4v) is 2.46. The number of carboxylic acid groups (broad SMARTS) is 1. The summed E-state index contributed by atoms with van der Waals surface area (Å²) in [6.07, 6.45) is 4.72. The molecule has 3 N–H and O–H groups in total. The zero-order valence-corrected chi connectivity index (χ0v) is 14.0. The van der Waals surface area contributed by atoms with Crippen molar-refractivity contribution in [2.24, 2.45) is 17.3 Å². The Hall–Kier alpha value is -1.30. The van der Waals surface area contributed by atoms with Crippen molar-refractivity contribution < 1.29 is 19.8 Å². The Morgan fingerprint density at radius 1 is 1.32 bits per heavy atom. The molecule has 1 rings (SSSR count). The van der Waals surface area contributed by atoms with Crippen LogP contribution in [0.4, 0.5) is 4.79 Å². The highest BCUT2D eigenvalue weighted by Crippen LogP contribution is 2.29. The van der Waals surface area contributed by atoms with Crippen molar-refractivity contribution in [2.45, 2.75) is 46.5 Å². The van der Waals surface area contributed by atoms with Crippen LogP contribution in [-0.4, -0.2) is 53.4 Å². The van der Waals surface area contributed by atoms with Crippen molar-refractivity contribution >= 4 is 12.0 Å². The number of carboxylic acids is 1. The Kier molecular flexibility index (Phi) is 7.13. The number of aliphatic carboxylic acids is 1. The first-order chi connectivity index (χ1) is 10.3. The van der Waals surface area contributed by atoms with Gasteiger partial charge in [-0.1, -0.05) is 40.0 Å². The lowest BCUT2D eigenvalue weighted by Crippen LogP contribution is -2.47. The molecule has 0 saturated heterocycles. The summed E-state index contributed by atoms with van der Waals surface area (Å²) in [7, 11) is 0. The van der Waals surface area contributed by atoms with Crippen molar-refractivity contribution in [3.8, 4) is 0 Å². The van der Waals surface area contributed by atoms with E-state index in [2.05, 4.69) is 5.32 Å². The molecule has 1 fully saturated rings. The zero-order chi connectivity index (χ0) is 16.8. The molecule has 1 atom stereocenters. The largest absolute Gasteiger partial charge is 0.481 e. The van der Waals surface area contributed by atoms with Crippen molar-refractivity contribution in [1.29, 1.82) is 0 Å². The van der Waals surface area contributed by atoms with E-state index >= 15 is 0 Å². The molecule has 0 spiro atoms. The van der Waals surface area contributed by atoms with Crippen LogP contribution < -0.4 is 5.32 Å². The average molecular weight is 314 g/mol. The second-order valence-corrected chi connectivity index (χ2v) is 7.00. The van der Waals surface area contributed by atoms with Crippen LogP contribution in [0.2, 0.25) is 0 Å². The standard InChI is InChI=1S/C16H30N2O4/c1-12(14(20)21)16(2,3)11-17-15(22)18(9-10-19)8-7-13-5-4-6-13/h12-13,19H,4-11H2,1-3H3,(H,17,22)(H,20,21)/t12-/m1/s1. The lowest BCUT2D eigenvalue weighted by molar-refractivity contribution is -0.144. The van der Waals surface area contributed by atoms with E-state index < -0.39 is 17.3 Å². The van der Waals surface area contributed by atoms with Gasteiger partial charge < -0.3 is 20.4 Å². The monoisotopic (exact) mass is 314 g/mol. The summed E-state index contributed by atoms with van der Waals surface area (Å²) in [6, 6.07) is -0.223. The van der Waals surface area contributed by atoms with E-state index in [1.165, 1.54) is 19.3 Å². The summed E-state index contributed by atoms with van der Waals surface area (Å²) < 4.78 is 0. The number of nitrogens with one attached hydrogen (secondary N) is 1. The molecule has 0 unspecified atom stereocenters. The van der Waals surface area contributed by atoms with Crippen LogP contribution in [0.5, 0.6) is 0 Å². The maximum absolute atomic E-state index is 12.2. The van der Waals surface area contributed by atoms with Gasteiger partial charge in [-0.2, -0.15) is 0 Å². The third-order valence-electron chi connectivity index (χ3n) is 4.93. The van der Waals surface area contributed by atoms with Gasteiger partial charge in [-0.05, 0) is 17.8 Å². The molecule has 2 amide bonds. The third kappa shape index (κ3) is 5.48. The number of hydrogen-bond acceptors (Lipinski definition) is 3. The third-order valence-corrected chi connectivity index (χ3v) is 4.93. The molecule has 0 bridgehead atoms. The Morgan fingerprint density at radius 2 is 1.95 bits per heavy atom. The van der Waals surface area contributed by atoms with E-state index in [1.54, 1.807) is 11.8 Å². The zero-order valence-electron chi connectivity index (χ0n) is 14.0. The molecule has 0 aromatic rings. The topological polar surface area (TPSA) is 89.9 Å². The number of hydrogen-bond donors (Lipinski definition) is 3. The van der Waals surface area contributed by atoms with Gasteiger partial charge >= 0.3 is 12.0 Å². The number of amides is 2. The van der Waals surface area contributed by atoms with E-state index in [1.807, 2.05) is 13.8 Å². The van der Waals surface area contributed by atoms with Crippen molar-refractivity contribution in [1.82, 2.24) is 10.2 Å². The Morgan fingerprint density at radius 3 is 2.41 bits per heavy atom. The Balaban J connectivity index is 2.45. The highest BCUT2D eigenvalue weighted by atomic mass is 16.4. The minimum absolute atomic E-state index is 0.0625. The lowest BCUT2D eigenvalue weighted by atomic mass is 9.80. The summed E-state index contributed by atoms with van der Waals surface area (Å²) in [4.78, 5) is 25.0. The van der Waals surface area contributed by atoms with Crippen LogP contribution in [0.1, 0.15) is 46.5 Å². The van der Waals surface area contributed by atoms with Crippen molar-refractivity contribution in [3.05, 3.63) is 0 Å². The van der Waals surface area contributed by atoms with Crippen LogP contribution in [0.15, 0.2) is 0 Å². The van der Waals surface area contributed by atoms with Gasteiger partial charge in [0.15, 0.2) is 0 Å². The molecule has 0 aromatic heterocycles. The highest BCUT2D eigenvalue weighted by Gasteiger charge is 2.32. The first-order valence-electron chi connectivity index (χ1n) is 8.14. The predicted octanol–water partition coefficient (Wildman–Crippen LogP) is 1.93. The number of aliphatic hydroxyl groups is 1. The molecule has 6 heteroatoms. The SMILES string of the molecule is C[C@H](C(=O)O)C(C)(C)CNC(=O)N(CCO)CCC1CCC1. The second-order valence-electron chi connectivity index (χ2n) is 7.00. The lowest BCUT2D eigenvalue weighted by Gasteiger charge is -2.32. The van der Waals surface area contributed by atoms with E-state index in [4.69, 9.17) is 10.2 Å². The predicted molar refractivity (Wildman–Crippen MR) is 84.6 cm³/mol. The maximum Gasteiger partial charge on any atom is 0.317 e. The van der Waals surface area contributed by atoms with E-state index in [-0.39, 0.29) is 12.6 Å². The normalized spacial score (nSPS) is 16.7. The molecule has 0 aliphatic heterocycles. The van der Waals surface area contributed by atoms with Gasteiger partial charge in [-0.25, -0.2) is 4.79 Å². The van der Waals surface area contributed by atoms with Gasteiger partial charge in [0.05, 0.1) is 12.5 Å². The quantitative estimate of drug-likeness (QED) is 0.606. The average Bonchev–Trinajstić information content (AvgIpc) is 2.41. The van der Waals surface area contributed by atoms with Crippen LogP contribution in [0.3, 0.4) is 0 Å². The number of aliphatic hydroxyl groups excluding tert-OH is 1. The molecule has 1 aliphatic rings. The smallest absolute Gasteiger partial charge is 0.317 e. The van der Waals surface area contributed by atoms with Crippen molar-refractivity contribution in [3.63, 3.8) is 0 Å². The van der Waals surface area contributed by atoms with Crippen LogP contribution >= 0.6 is 0 Å². The summed E-state index contributed by atoms with van der Waals surface area (Å²) in [5.41, 5.74) is -0.527. The number of carbonyl (C=O) groups excluding carboxylic acids is 1. The molecule has 128 valence electrons. The molecule has 22 heavy (non-hydrogen) atoms. The molecule has 0 heterocycles. The van der Waals surface area contributed by atoms with Gasteiger partial charge in [0.2, 0.25) is 0 Å². The van der Waals surface area contributed by atoms with Gasteiger partial charge in [-0.15, -0.1) is 0 Å². The molecule has 6 nitrogen and oxygen atoms in total. The van der Waals surface area contributed by atoms with E-state index in [9.17, 15) is 9.59 Å². The van der Waals surface area contributed by atoms with Gasteiger partial charge in [-0.3, -0.25) is 4.79 Å². The second kappa shape index (κ2) is 8.36. The fraction of sp³-hybridized carbons (Fsp3) is 0.875. The molecule has 0 aromatic carbocycles. The van der Waals surface area contributed by atoms with Gasteiger partial charge in [0, 0.05) is 19.6 Å². The molecular formula is C16H30N2O4. The van der Waals surface area contributed by atoms with Crippen LogP contribution in [0.25, 0.3) is 0 Å². The molecule has 0 radical (unpaired) electrons. The molecule has 1 saturated carbocycles. The van der Waals surface area contributed by atoms with E-state index in [0.717, 1.165) is 6.42 Å². The number of nitrogens with zero attached hydrogens (tertiary/aromatic N) is 1. The Labute approximate surface area is 132 Å². The minimum Gasteiger partial charge on any atom is -0.481 e. The summed E-state index contributed by atoms with van der Waals surface area (Å²) in [5.74, 6) is -0.706. The van der Waals surface area contributed by atoms with E-state index in [0.29, 0.717) is 25.6 Å². The summed E-state index contributed by atoms with van der Waals surface area (Å²) in [6.45, 7) is 6.50. The fourth-order valence-electron chi connectivity index (χ4n) is 2.46. The summed E-state index contributed by atoms with van der Waals surface area (Å²) >= 11 is 0. The van der Waals surface area contributed by atoms with Crippen LogP contribution in [0, 0.1) is 17.3 Å². The van der Waals surface area contributed by atoms with Gasteiger partial charge in [0.1, 0.15) is 0 Å². The first-order valence-corrected chi connectivity index (χ1v) is 8.14. The Bertz CT molecular complexity index is 380. The molecular weight excluding hydrogens is 284 g/mol. The number of rotatable bonds is 9. The summed E-state index contributed by atoms with van der Waals surface area (Å²) in [5, 5.41) is 21.0. The van der Waals surface area contributed by atoms with Crippen LogP contribution in [-0.2, 0) is 4.79 Å². The number of carbonyl (C=O) groups is 2. The highest BCUT2D eigenvalue weighted by molar-refractivity contribution is 5.74. The minimum atomic E-state index is -0.864. The first kappa shape index (κ1) is 18.7. The van der Waals surface area contributed by atoms with Crippen molar-refractivity contribution in [2.75, 3.05) is 26.2 Å². The van der Waals surface area contributed by atoms with Gasteiger partial charge in [0.25, 0.3) is 0 Å². The number of urea groups is 1.